The highest BCUT2D eigenvalue weighted by Crippen LogP contribution is 2.29. The molecule has 0 unspecified atom stereocenters. The molecule has 0 atom stereocenters. The number of nitrogens with one attached hydrogen (secondary N) is 1. The first-order chi connectivity index (χ1) is 11.0. The summed E-state index contributed by atoms with van der Waals surface area (Å²) in [7, 11) is 0. The van der Waals surface area contributed by atoms with E-state index in [0.717, 1.165) is 11.4 Å². The molecule has 1 heteroatoms. The van der Waals surface area contributed by atoms with Gasteiger partial charge in [-0.1, -0.05) is 36.4 Å². The molecule has 0 aliphatic rings. The molecule has 0 saturated carbocycles. The summed E-state index contributed by atoms with van der Waals surface area (Å²) in [5, 5.41) is 3.53. The molecule has 0 saturated heterocycles. The normalized spacial score (nSPS) is 10.6. The average Bonchev–Trinajstić information content (AvgIpc) is 2.53. The molecule has 116 valence electrons. The monoisotopic (exact) mass is 301 g/mol. The molecule has 23 heavy (non-hydrogen) atoms. The maximum Gasteiger partial charge on any atom is 0.0414 e. The second-order valence-electron chi connectivity index (χ2n) is 6.27. The van der Waals surface area contributed by atoms with Gasteiger partial charge in [-0.05, 0) is 85.3 Å². The van der Waals surface area contributed by atoms with Crippen LogP contribution in [0.2, 0.25) is 0 Å². The summed E-state index contributed by atoms with van der Waals surface area (Å²) in [4.78, 5) is 0. The molecule has 3 aromatic rings. The van der Waals surface area contributed by atoms with E-state index in [1.807, 2.05) is 0 Å². The van der Waals surface area contributed by atoms with Crippen LogP contribution in [0.3, 0.4) is 0 Å². The maximum atomic E-state index is 3.53. The zero-order chi connectivity index (χ0) is 16.4. The number of hydrogen-bond acceptors (Lipinski definition) is 1. The van der Waals surface area contributed by atoms with Crippen molar-refractivity contribution >= 4 is 11.4 Å². The van der Waals surface area contributed by atoms with E-state index in [1.165, 1.54) is 33.4 Å². The first kappa shape index (κ1) is 15.4. The van der Waals surface area contributed by atoms with Crippen molar-refractivity contribution in [2.24, 2.45) is 0 Å². The summed E-state index contributed by atoms with van der Waals surface area (Å²) < 4.78 is 0. The zero-order valence-electron chi connectivity index (χ0n) is 14.3. The van der Waals surface area contributed by atoms with Gasteiger partial charge in [0.1, 0.15) is 0 Å². The summed E-state index contributed by atoms with van der Waals surface area (Å²) in [6.07, 6.45) is 0. The number of hydrogen-bond donors (Lipinski definition) is 1. The van der Waals surface area contributed by atoms with Gasteiger partial charge >= 0.3 is 0 Å². The molecule has 3 aromatic carbocycles. The van der Waals surface area contributed by atoms with Crippen LogP contribution < -0.4 is 5.32 Å². The predicted octanol–water partition coefficient (Wildman–Crippen LogP) is 6.33. The molecule has 3 rings (SSSR count). The van der Waals surface area contributed by atoms with Gasteiger partial charge in [-0.2, -0.15) is 0 Å². The lowest BCUT2D eigenvalue weighted by Crippen LogP contribution is -1.95. The van der Waals surface area contributed by atoms with Crippen LogP contribution in [-0.2, 0) is 0 Å². The fourth-order valence-electron chi connectivity index (χ4n) is 2.84. The molecule has 0 aliphatic heterocycles. The van der Waals surface area contributed by atoms with Crippen LogP contribution in [-0.4, -0.2) is 0 Å². The van der Waals surface area contributed by atoms with E-state index in [4.69, 9.17) is 0 Å². The highest BCUT2D eigenvalue weighted by atomic mass is 14.9. The Morgan fingerprint density at radius 2 is 1.39 bits per heavy atom. The van der Waals surface area contributed by atoms with Gasteiger partial charge in [0.25, 0.3) is 0 Å². The third-order valence-electron chi connectivity index (χ3n) is 4.47. The fourth-order valence-corrected chi connectivity index (χ4v) is 2.84. The van der Waals surface area contributed by atoms with Crippen LogP contribution in [0, 0.1) is 27.7 Å². The highest BCUT2D eigenvalue weighted by molar-refractivity contribution is 5.73. The molecular formula is C22H23N. The Morgan fingerprint density at radius 3 is 2.09 bits per heavy atom. The summed E-state index contributed by atoms with van der Waals surface area (Å²) >= 11 is 0. The van der Waals surface area contributed by atoms with E-state index in [2.05, 4.69) is 93.7 Å². The molecule has 0 heterocycles. The molecule has 0 aromatic heterocycles. The predicted molar refractivity (Wildman–Crippen MR) is 101 cm³/mol. The lowest BCUT2D eigenvalue weighted by molar-refractivity contribution is 1.33. The zero-order valence-corrected chi connectivity index (χ0v) is 14.3. The van der Waals surface area contributed by atoms with Gasteiger partial charge < -0.3 is 5.32 Å². The van der Waals surface area contributed by atoms with Gasteiger partial charge in [0.05, 0.1) is 0 Å². The van der Waals surface area contributed by atoms with Crippen LogP contribution in [0.5, 0.6) is 0 Å². The van der Waals surface area contributed by atoms with Gasteiger partial charge in [-0.15, -0.1) is 0 Å². The van der Waals surface area contributed by atoms with Gasteiger partial charge in [-0.25, -0.2) is 0 Å². The minimum absolute atomic E-state index is 1.14. The van der Waals surface area contributed by atoms with Gasteiger partial charge in [0, 0.05) is 11.4 Å². The van der Waals surface area contributed by atoms with E-state index < -0.39 is 0 Å². The third-order valence-corrected chi connectivity index (χ3v) is 4.47. The fraction of sp³-hybridized carbons (Fsp3) is 0.182. The molecule has 0 amide bonds. The van der Waals surface area contributed by atoms with Crippen molar-refractivity contribution in [1.29, 1.82) is 0 Å². The summed E-state index contributed by atoms with van der Waals surface area (Å²) in [5.74, 6) is 0. The van der Waals surface area contributed by atoms with Crippen LogP contribution in [0.25, 0.3) is 11.1 Å². The number of benzene rings is 3. The highest BCUT2D eigenvalue weighted by Gasteiger charge is 2.05. The lowest BCUT2D eigenvalue weighted by atomic mass is 9.98. The van der Waals surface area contributed by atoms with Crippen LogP contribution in [0.15, 0.2) is 60.7 Å². The molecule has 0 fully saturated rings. The topological polar surface area (TPSA) is 12.0 Å². The average molecular weight is 301 g/mol. The molecular weight excluding hydrogens is 278 g/mol. The van der Waals surface area contributed by atoms with Crippen molar-refractivity contribution in [3.63, 3.8) is 0 Å². The Kier molecular flexibility index (Phi) is 4.20. The van der Waals surface area contributed by atoms with Crippen LogP contribution >= 0.6 is 0 Å². The number of aryl methyl sites for hydroxylation is 4. The quantitative estimate of drug-likeness (QED) is 0.596. The van der Waals surface area contributed by atoms with Crippen molar-refractivity contribution in [2.75, 3.05) is 5.32 Å². The largest absolute Gasteiger partial charge is 0.355 e. The van der Waals surface area contributed by atoms with E-state index in [1.54, 1.807) is 0 Å². The second kappa shape index (κ2) is 6.29. The molecule has 1 nitrogen and oxygen atoms in total. The Bertz CT molecular complexity index is 846. The van der Waals surface area contributed by atoms with Gasteiger partial charge in [0.15, 0.2) is 0 Å². The molecule has 0 aliphatic carbocycles. The Balaban J connectivity index is 1.90. The minimum Gasteiger partial charge on any atom is -0.355 e. The van der Waals surface area contributed by atoms with Crippen LogP contribution in [0.4, 0.5) is 11.4 Å². The second-order valence-corrected chi connectivity index (χ2v) is 6.27. The maximum absolute atomic E-state index is 3.53. The van der Waals surface area contributed by atoms with E-state index in [9.17, 15) is 0 Å². The molecule has 0 bridgehead atoms. The summed E-state index contributed by atoms with van der Waals surface area (Å²) in [6, 6.07) is 21.6. The van der Waals surface area contributed by atoms with Crippen LogP contribution in [0.1, 0.15) is 22.3 Å². The first-order valence-electron chi connectivity index (χ1n) is 8.05. The molecule has 1 N–H and O–H groups in total. The number of anilines is 2. The van der Waals surface area contributed by atoms with Gasteiger partial charge in [-0.3, -0.25) is 0 Å². The Hall–Kier alpha value is -2.54. The van der Waals surface area contributed by atoms with Crippen molar-refractivity contribution < 1.29 is 0 Å². The SMILES string of the molecule is Cc1ccc(Nc2ccc(-c3ccccc3C)cc2C)cc1C. The van der Waals surface area contributed by atoms with Crippen molar-refractivity contribution in [1.82, 2.24) is 0 Å². The van der Waals surface area contributed by atoms with Crippen molar-refractivity contribution in [3.05, 3.63) is 82.9 Å². The van der Waals surface area contributed by atoms with Gasteiger partial charge in [0.2, 0.25) is 0 Å². The van der Waals surface area contributed by atoms with E-state index in [0.29, 0.717) is 0 Å². The minimum atomic E-state index is 1.14. The Labute approximate surface area is 139 Å². The lowest BCUT2D eigenvalue weighted by Gasteiger charge is -2.13. The van der Waals surface area contributed by atoms with Crippen molar-refractivity contribution in [2.45, 2.75) is 27.7 Å². The standard InChI is InChI=1S/C22H23N/c1-15-9-11-20(14-17(15)3)23-22-12-10-19(13-18(22)4)21-8-6-5-7-16(21)2/h5-14,23H,1-4H3. The third kappa shape index (κ3) is 3.29. The Morgan fingerprint density at radius 1 is 0.609 bits per heavy atom. The number of rotatable bonds is 3. The van der Waals surface area contributed by atoms with E-state index >= 15 is 0 Å². The molecule has 0 radical (unpaired) electrons. The smallest absolute Gasteiger partial charge is 0.0414 e. The molecule has 0 spiro atoms. The summed E-state index contributed by atoms with van der Waals surface area (Å²) in [5.41, 5.74) is 10.1. The first-order valence-corrected chi connectivity index (χ1v) is 8.05. The van der Waals surface area contributed by atoms with E-state index in [-0.39, 0.29) is 0 Å². The summed E-state index contributed by atoms with van der Waals surface area (Å²) in [6.45, 7) is 8.60. The van der Waals surface area contributed by atoms with Crippen molar-refractivity contribution in [3.8, 4) is 11.1 Å².